The maximum Gasteiger partial charge on any atom is 0.151 e. The average molecular weight is 385 g/mol. The number of likely N-dealkylation sites (tertiary alicyclic amines) is 1. The van der Waals surface area contributed by atoms with Crippen molar-refractivity contribution in [2.45, 2.75) is 51.6 Å². The zero-order valence-corrected chi connectivity index (χ0v) is 16.9. The number of rotatable bonds is 4. The highest BCUT2D eigenvalue weighted by Crippen LogP contribution is 2.32. The predicted molar refractivity (Wildman–Crippen MR) is 111 cm³/mol. The van der Waals surface area contributed by atoms with Crippen LogP contribution >= 0.6 is 11.6 Å². The molecule has 0 spiro atoms. The predicted octanol–water partition coefficient (Wildman–Crippen LogP) is 4.71. The Balaban J connectivity index is 1.38. The average Bonchev–Trinajstić information content (AvgIpc) is 2.71. The van der Waals surface area contributed by atoms with E-state index in [9.17, 15) is 0 Å². The van der Waals surface area contributed by atoms with Gasteiger partial charge in [-0.05, 0) is 74.9 Å². The second-order valence-corrected chi connectivity index (χ2v) is 8.45. The van der Waals surface area contributed by atoms with E-state index in [2.05, 4.69) is 44.3 Å². The summed E-state index contributed by atoms with van der Waals surface area (Å²) in [5.74, 6) is 1.81. The molecule has 0 saturated carbocycles. The van der Waals surface area contributed by atoms with E-state index in [-0.39, 0.29) is 0 Å². The topological polar surface area (TPSA) is 32.3 Å². The van der Waals surface area contributed by atoms with Crippen LogP contribution in [-0.2, 0) is 6.54 Å². The lowest BCUT2D eigenvalue weighted by Crippen LogP contribution is -2.47. The van der Waals surface area contributed by atoms with E-state index >= 15 is 0 Å². The first-order valence-corrected chi connectivity index (χ1v) is 10.6. The molecular formula is C22H29ClN4. The van der Waals surface area contributed by atoms with Crippen molar-refractivity contribution in [3.63, 3.8) is 0 Å². The van der Waals surface area contributed by atoms with Gasteiger partial charge in [-0.15, -0.1) is 5.10 Å². The molecule has 4 nitrogen and oxygen atoms in total. The number of aryl methyl sites for hydroxylation is 1. The van der Waals surface area contributed by atoms with Gasteiger partial charge in [0.25, 0.3) is 0 Å². The molecule has 0 N–H and O–H groups in total. The number of piperidine rings is 2. The number of hydrogen-bond donors (Lipinski definition) is 0. The van der Waals surface area contributed by atoms with Crippen molar-refractivity contribution < 1.29 is 0 Å². The van der Waals surface area contributed by atoms with Crippen molar-refractivity contribution in [3.05, 3.63) is 52.7 Å². The van der Waals surface area contributed by atoms with Crippen LogP contribution in [-0.4, -0.2) is 40.8 Å². The van der Waals surface area contributed by atoms with Crippen molar-refractivity contribution in [1.29, 1.82) is 0 Å². The van der Waals surface area contributed by atoms with E-state index in [1.165, 1.54) is 44.2 Å². The van der Waals surface area contributed by atoms with Crippen LogP contribution in [0.25, 0.3) is 0 Å². The summed E-state index contributed by atoms with van der Waals surface area (Å²) in [6, 6.07) is 13.2. The first-order chi connectivity index (χ1) is 13.2. The summed E-state index contributed by atoms with van der Waals surface area (Å²) >= 11 is 6.05. The Labute approximate surface area is 167 Å². The fourth-order valence-corrected chi connectivity index (χ4v) is 4.77. The van der Waals surface area contributed by atoms with E-state index in [1.807, 2.05) is 19.1 Å². The zero-order valence-electron chi connectivity index (χ0n) is 16.1. The Hall–Kier alpha value is -1.65. The molecule has 2 aliphatic heterocycles. The molecule has 0 bridgehead atoms. The molecule has 144 valence electrons. The summed E-state index contributed by atoms with van der Waals surface area (Å²) < 4.78 is 0. The van der Waals surface area contributed by atoms with Gasteiger partial charge in [-0.1, -0.05) is 30.2 Å². The fourth-order valence-electron chi connectivity index (χ4n) is 4.65. The van der Waals surface area contributed by atoms with Crippen LogP contribution in [0.3, 0.4) is 0 Å². The third-order valence-corrected chi connectivity index (χ3v) is 6.41. The molecule has 0 radical (unpaired) electrons. The highest BCUT2D eigenvalue weighted by atomic mass is 35.5. The van der Waals surface area contributed by atoms with Crippen LogP contribution in [0, 0.1) is 12.8 Å². The summed E-state index contributed by atoms with van der Waals surface area (Å²) in [7, 11) is 0. The van der Waals surface area contributed by atoms with Gasteiger partial charge < -0.3 is 4.90 Å². The molecule has 5 heteroatoms. The Bertz CT molecular complexity index is 723. The van der Waals surface area contributed by atoms with Crippen molar-refractivity contribution in [3.8, 4) is 0 Å². The van der Waals surface area contributed by atoms with E-state index in [0.717, 1.165) is 42.1 Å². The van der Waals surface area contributed by atoms with Crippen LogP contribution < -0.4 is 4.90 Å². The molecule has 1 aromatic carbocycles. The standard InChI is InChI=1S/C22H29ClN4/c1-17-5-10-22(25-24-17)26-14-11-19(12-15-26)21-4-2-3-13-27(21)16-18-6-8-20(23)9-7-18/h5-10,19,21H,2-4,11-16H2,1H3. The van der Waals surface area contributed by atoms with Crippen molar-refractivity contribution in [2.75, 3.05) is 24.5 Å². The van der Waals surface area contributed by atoms with Crippen molar-refractivity contribution in [1.82, 2.24) is 15.1 Å². The number of halogens is 1. The Kier molecular flexibility index (Phi) is 5.94. The molecule has 1 aromatic heterocycles. The second kappa shape index (κ2) is 8.57. The SMILES string of the molecule is Cc1ccc(N2CCC(C3CCCCN3Cc3ccc(Cl)cc3)CC2)nn1. The minimum absolute atomic E-state index is 0.709. The van der Waals surface area contributed by atoms with Crippen molar-refractivity contribution >= 4 is 17.4 Å². The maximum absolute atomic E-state index is 6.05. The molecular weight excluding hydrogens is 356 g/mol. The molecule has 4 rings (SSSR count). The quantitative estimate of drug-likeness (QED) is 0.764. The lowest BCUT2D eigenvalue weighted by atomic mass is 9.83. The van der Waals surface area contributed by atoms with Gasteiger partial charge in [-0.3, -0.25) is 4.90 Å². The number of nitrogens with zero attached hydrogens (tertiary/aromatic N) is 4. The molecule has 2 fully saturated rings. The summed E-state index contributed by atoms with van der Waals surface area (Å²) in [4.78, 5) is 5.12. The van der Waals surface area contributed by atoms with Crippen LogP contribution in [0.2, 0.25) is 5.02 Å². The summed E-state index contributed by atoms with van der Waals surface area (Å²) in [5, 5.41) is 9.41. The highest BCUT2D eigenvalue weighted by Gasteiger charge is 2.32. The van der Waals surface area contributed by atoms with Crippen LogP contribution in [0.4, 0.5) is 5.82 Å². The number of aromatic nitrogens is 2. The first-order valence-electron chi connectivity index (χ1n) is 10.2. The Morgan fingerprint density at radius 1 is 0.926 bits per heavy atom. The minimum atomic E-state index is 0.709. The first kappa shape index (κ1) is 18.7. The van der Waals surface area contributed by atoms with Gasteiger partial charge >= 0.3 is 0 Å². The number of hydrogen-bond acceptors (Lipinski definition) is 4. The molecule has 1 atom stereocenters. The van der Waals surface area contributed by atoms with Crippen LogP contribution in [0.1, 0.15) is 43.4 Å². The second-order valence-electron chi connectivity index (χ2n) is 8.02. The molecule has 0 amide bonds. The molecule has 2 aromatic rings. The zero-order chi connectivity index (χ0) is 18.6. The molecule has 2 aliphatic rings. The molecule has 1 unspecified atom stereocenters. The fraction of sp³-hybridized carbons (Fsp3) is 0.545. The Morgan fingerprint density at radius 2 is 1.70 bits per heavy atom. The Morgan fingerprint density at radius 3 is 2.41 bits per heavy atom. The van der Waals surface area contributed by atoms with Gasteiger partial charge in [-0.25, -0.2) is 0 Å². The number of anilines is 1. The summed E-state index contributed by atoms with van der Waals surface area (Å²) in [6.07, 6.45) is 6.52. The van der Waals surface area contributed by atoms with E-state index in [4.69, 9.17) is 11.6 Å². The van der Waals surface area contributed by atoms with E-state index in [1.54, 1.807) is 0 Å². The van der Waals surface area contributed by atoms with E-state index in [0.29, 0.717) is 6.04 Å². The van der Waals surface area contributed by atoms with Gasteiger partial charge in [0.05, 0.1) is 5.69 Å². The van der Waals surface area contributed by atoms with Gasteiger partial charge in [0, 0.05) is 30.7 Å². The molecule has 2 saturated heterocycles. The van der Waals surface area contributed by atoms with Gasteiger partial charge in [-0.2, -0.15) is 5.10 Å². The lowest BCUT2D eigenvalue weighted by molar-refractivity contribution is 0.0806. The van der Waals surface area contributed by atoms with E-state index < -0.39 is 0 Å². The van der Waals surface area contributed by atoms with Gasteiger partial charge in [0.15, 0.2) is 5.82 Å². The minimum Gasteiger partial charge on any atom is -0.355 e. The summed E-state index contributed by atoms with van der Waals surface area (Å²) in [5.41, 5.74) is 2.35. The normalized spacial score (nSPS) is 22.1. The van der Waals surface area contributed by atoms with Gasteiger partial charge in [0.2, 0.25) is 0 Å². The maximum atomic E-state index is 6.05. The molecule has 3 heterocycles. The smallest absolute Gasteiger partial charge is 0.151 e. The number of benzene rings is 1. The molecule has 0 aliphatic carbocycles. The highest BCUT2D eigenvalue weighted by molar-refractivity contribution is 6.30. The third kappa shape index (κ3) is 4.61. The van der Waals surface area contributed by atoms with Gasteiger partial charge in [0.1, 0.15) is 0 Å². The largest absolute Gasteiger partial charge is 0.355 e. The molecule has 27 heavy (non-hydrogen) atoms. The monoisotopic (exact) mass is 384 g/mol. The van der Waals surface area contributed by atoms with Crippen LogP contribution in [0.5, 0.6) is 0 Å². The lowest BCUT2D eigenvalue weighted by Gasteiger charge is -2.44. The third-order valence-electron chi connectivity index (χ3n) is 6.15. The van der Waals surface area contributed by atoms with Crippen molar-refractivity contribution in [2.24, 2.45) is 5.92 Å². The van der Waals surface area contributed by atoms with Crippen LogP contribution in [0.15, 0.2) is 36.4 Å². The summed E-state index contributed by atoms with van der Waals surface area (Å²) in [6.45, 7) is 6.44.